The van der Waals surface area contributed by atoms with Crippen molar-refractivity contribution in [3.8, 4) is 5.69 Å². The average Bonchev–Trinajstić information content (AvgIpc) is 2.99. The molecule has 2 aromatic carbocycles. The zero-order valence-electron chi connectivity index (χ0n) is 10.7. The summed E-state index contributed by atoms with van der Waals surface area (Å²) in [5.74, 6) is 0.602. The summed E-state index contributed by atoms with van der Waals surface area (Å²) in [6.45, 7) is 0. The van der Waals surface area contributed by atoms with E-state index in [0.29, 0.717) is 11.5 Å². The molecule has 0 fully saturated rings. The minimum atomic E-state index is 0.444. The summed E-state index contributed by atoms with van der Waals surface area (Å²) in [7, 11) is 0. The maximum Gasteiger partial charge on any atom is 0.167 e. The van der Waals surface area contributed by atoms with Crippen LogP contribution in [0.2, 0.25) is 0 Å². The number of aromatic nitrogens is 2. The normalized spacial score (nSPS) is 11.5. The summed E-state index contributed by atoms with van der Waals surface area (Å²) in [6, 6.07) is 19.3. The Balaban J connectivity index is 2.10. The Hall–Kier alpha value is -2.88. The molecule has 4 heteroatoms. The van der Waals surface area contributed by atoms with Gasteiger partial charge in [-0.2, -0.15) is 0 Å². The minimum absolute atomic E-state index is 0.444. The molecule has 1 heterocycles. The van der Waals surface area contributed by atoms with Crippen LogP contribution in [0.4, 0.5) is 0 Å². The van der Waals surface area contributed by atoms with Crippen LogP contribution in [-0.2, 0) is 0 Å². The van der Waals surface area contributed by atoms with E-state index >= 15 is 0 Å². The van der Waals surface area contributed by atoms with Gasteiger partial charge in [0.15, 0.2) is 11.5 Å². The molecule has 0 spiro atoms. The number of oxime groups is 1. The quantitative estimate of drug-likeness (QED) is 0.448. The maximum atomic E-state index is 9.36. The molecule has 0 saturated heterocycles. The highest BCUT2D eigenvalue weighted by Crippen LogP contribution is 2.14. The van der Waals surface area contributed by atoms with E-state index in [1.807, 2.05) is 71.4 Å². The lowest BCUT2D eigenvalue weighted by atomic mass is 10.1. The first-order valence-corrected chi connectivity index (χ1v) is 6.27. The van der Waals surface area contributed by atoms with Crippen LogP contribution >= 0.6 is 0 Å². The Bertz CT molecular complexity index is 718. The SMILES string of the molecule is ON=C(c1ccccc1)c1nccn1-c1ccccc1. The van der Waals surface area contributed by atoms with Gasteiger partial charge in [-0.25, -0.2) is 4.98 Å². The Morgan fingerprint density at radius 1 is 0.950 bits per heavy atom. The van der Waals surface area contributed by atoms with Gasteiger partial charge in [0.25, 0.3) is 0 Å². The third-order valence-corrected chi connectivity index (χ3v) is 3.03. The number of benzene rings is 2. The molecule has 98 valence electrons. The van der Waals surface area contributed by atoms with Gasteiger partial charge in [-0.1, -0.05) is 53.7 Å². The fourth-order valence-corrected chi connectivity index (χ4v) is 2.10. The summed E-state index contributed by atoms with van der Waals surface area (Å²) < 4.78 is 1.89. The summed E-state index contributed by atoms with van der Waals surface area (Å²) in [5, 5.41) is 12.8. The molecule has 4 nitrogen and oxygen atoms in total. The number of imidazole rings is 1. The Kier molecular flexibility index (Phi) is 3.29. The van der Waals surface area contributed by atoms with Gasteiger partial charge in [0.05, 0.1) is 0 Å². The van der Waals surface area contributed by atoms with E-state index in [2.05, 4.69) is 10.1 Å². The maximum absolute atomic E-state index is 9.36. The average molecular weight is 263 g/mol. The Morgan fingerprint density at radius 2 is 1.60 bits per heavy atom. The smallest absolute Gasteiger partial charge is 0.167 e. The monoisotopic (exact) mass is 263 g/mol. The van der Waals surface area contributed by atoms with Crippen molar-refractivity contribution in [2.75, 3.05) is 0 Å². The molecule has 0 radical (unpaired) electrons. The summed E-state index contributed by atoms with van der Waals surface area (Å²) in [6.07, 6.45) is 3.54. The van der Waals surface area contributed by atoms with Crippen LogP contribution in [0.1, 0.15) is 11.4 Å². The second-order valence-electron chi connectivity index (χ2n) is 4.27. The molecular formula is C16H13N3O. The number of para-hydroxylation sites is 1. The van der Waals surface area contributed by atoms with E-state index in [1.165, 1.54) is 0 Å². The van der Waals surface area contributed by atoms with E-state index in [-0.39, 0.29) is 0 Å². The van der Waals surface area contributed by atoms with Crippen molar-refractivity contribution < 1.29 is 5.21 Å². The molecular weight excluding hydrogens is 250 g/mol. The van der Waals surface area contributed by atoms with E-state index in [0.717, 1.165) is 11.3 Å². The van der Waals surface area contributed by atoms with Crippen LogP contribution in [0, 0.1) is 0 Å². The summed E-state index contributed by atoms with van der Waals surface area (Å²) in [5.41, 5.74) is 2.23. The molecule has 20 heavy (non-hydrogen) atoms. The van der Waals surface area contributed by atoms with E-state index in [4.69, 9.17) is 0 Å². The van der Waals surface area contributed by atoms with Gasteiger partial charge < -0.3 is 5.21 Å². The highest BCUT2D eigenvalue weighted by molar-refractivity contribution is 6.10. The lowest BCUT2D eigenvalue weighted by Crippen LogP contribution is -2.11. The first-order chi connectivity index (χ1) is 9.90. The van der Waals surface area contributed by atoms with Crippen molar-refractivity contribution in [2.45, 2.75) is 0 Å². The molecule has 0 amide bonds. The van der Waals surface area contributed by atoms with Gasteiger partial charge in [-0.15, -0.1) is 0 Å². The van der Waals surface area contributed by atoms with Crippen molar-refractivity contribution in [1.29, 1.82) is 0 Å². The number of hydrogen-bond donors (Lipinski definition) is 1. The zero-order valence-corrected chi connectivity index (χ0v) is 10.7. The molecule has 0 aliphatic heterocycles. The molecule has 0 bridgehead atoms. The van der Waals surface area contributed by atoms with Crippen LogP contribution in [0.25, 0.3) is 5.69 Å². The highest BCUT2D eigenvalue weighted by Gasteiger charge is 2.14. The summed E-state index contributed by atoms with van der Waals surface area (Å²) in [4.78, 5) is 4.31. The van der Waals surface area contributed by atoms with Crippen LogP contribution in [0.5, 0.6) is 0 Å². The highest BCUT2D eigenvalue weighted by atomic mass is 16.4. The lowest BCUT2D eigenvalue weighted by Gasteiger charge is -2.09. The fourth-order valence-electron chi connectivity index (χ4n) is 2.10. The fraction of sp³-hybridized carbons (Fsp3) is 0. The van der Waals surface area contributed by atoms with Gasteiger partial charge in [0, 0.05) is 23.6 Å². The number of hydrogen-bond acceptors (Lipinski definition) is 3. The predicted molar refractivity (Wildman–Crippen MR) is 77.4 cm³/mol. The van der Waals surface area contributed by atoms with Gasteiger partial charge in [-0.3, -0.25) is 4.57 Å². The molecule has 0 aliphatic carbocycles. The van der Waals surface area contributed by atoms with Gasteiger partial charge in [0.2, 0.25) is 0 Å². The third-order valence-electron chi connectivity index (χ3n) is 3.03. The van der Waals surface area contributed by atoms with Crippen LogP contribution in [0.15, 0.2) is 78.2 Å². The Morgan fingerprint density at radius 3 is 2.25 bits per heavy atom. The van der Waals surface area contributed by atoms with Gasteiger partial charge in [0.1, 0.15) is 0 Å². The first-order valence-electron chi connectivity index (χ1n) is 6.27. The first kappa shape index (κ1) is 12.2. The number of nitrogens with zero attached hydrogens (tertiary/aromatic N) is 3. The third kappa shape index (κ3) is 2.19. The zero-order chi connectivity index (χ0) is 13.8. The molecule has 1 aromatic heterocycles. The summed E-state index contributed by atoms with van der Waals surface area (Å²) >= 11 is 0. The standard InChI is InChI=1S/C16H13N3O/c20-18-15(13-7-3-1-4-8-13)16-17-11-12-19(16)14-9-5-2-6-10-14/h1-12,20H. The topological polar surface area (TPSA) is 50.4 Å². The van der Waals surface area contributed by atoms with E-state index in [9.17, 15) is 5.21 Å². The van der Waals surface area contributed by atoms with Crippen molar-refractivity contribution in [2.24, 2.45) is 5.16 Å². The predicted octanol–water partition coefficient (Wildman–Crippen LogP) is 3.10. The van der Waals surface area contributed by atoms with Crippen molar-refractivity contribution in [3.63, 3.8) is 0 Å². The number of rotatable bonds is 3. The van der Waals surface area contributed by atoms with Gasteiger partial charge in [-0.05, 0) is 12.1 Å². The second-order valence-corrected chi connectivity index (χ2v) is 4.27. The van der Waals surface area contributed by atoms with E-state index in [1.54, 1.807) is 6.20 Å². The molecule has 0 aliphatic rings. The second kappa shape index (κ2) is 5.40. The van der Waals surface area contributed by atoms with E-state index < -0.39 is 0 Å². The molecule has 0 atom stereocenters. The van der Waals surface area contributed by atoms with Crippen LogP contribution < -0.4 is 0 Å². The van der Waals surface area contributed by atoms with Crippen molar-refractivity contribution in [1.82, 2.24) is 9.55 Å². The molecule has 3 aromatic rings. The largest absolute Gasteiger partial charge is 0.410 e. The van der Waals surface area contributed by atoms with Crippen LogP contribution in [0.3, 0.4) is 0 Å². The minimum Gasteiger partial charge on any atom is -0.410 e. The van der Waals surface area contributed by atoms with Crippen molar-refractivity contribution in [3.05, 3.63) is 84.4 Å². The molecule has 0 saturated carbocycles. The van der Waals surface area contributed by atoms with Crippen molar-refractivity contribution >= 4 is 5.71 Å². The molecule has 0 unspecified atom stereocenters. The molecule has 1 N–H and O–H groups in total. The molecule has 3 rings (SSSR count). The Labute approximate surface area is 116 Å². The van der Waals surface area contributed by atoms with Gasteiger partial charge >= 0.3 is 0 Å². The van der Waals surface area contributed by atoms with Crippen LogP contribution in [-0.4, -0.2) is 20.5 Å². The lowest BCUT2D eigenvalue weighted by molar-refractivity contribution is 0.319.